The second kappa shape index (κ2) is 6.78. The number of piperazine rings is 1. The minimum atomic E-state index is -0.823. The summed E-state index contributed by atoms with van der Waals surface area (Å²) in [4.78, 5) is 25.9. The van der Waals surface area contributed by atoms with E-state index in [0.29, 0.717) is 12.1 Å². The lowest BCUT2D eigenvalue weighted by molar-refractivity contribution is -0.144. The van der Waals surface area contributed by atoms with Crippen LogP contribution in [-0.4, -0.2) is 29.3 Å². The maximum absolute atomic E-state index is 13.3. The van der Waals surface area contributed by atoms with Gasteiger partial charge < -0.3 is 10.2 Å². The van der Waals surface area contributed by atoms with E-state index in [-0.39, 0.29) is 24.8 Å². The van der Waals surface area contributed by atoms with E-state index in [1.807, 2.05) is 30.3 Å². The molecule has 3 rings (SSSR count). The molecule has 2 aromatic carbocycles. The van der Waals surface area contributed by atoms with Crippen molar-refractivity contribution in [1.29, 1.82) is 0 Å². The van der Waals surface area contributed by atoms with Crippen LogP contribution in [0.2, 0.25) is 0 Å². The fraction of sp³-hybridized carbons (Fsp3) is 0.222. The van der Waals surface area contributed by atoms with Crippen molar-refractivity contribution in [2.75, 3.05) is 6.54 Å². The van der Waals surface area contributed by atoms with Crippen molar-refractivity contribution in [2.24, 2.45) is 0 Å². The molecular weight excluding hydrogens is 314 g/mol. The summed E-state index contributed by atoms with van der Waals surface area (Å²) < 4.78 is 26.6. The topological polar surface area (TPSA) is 49.4 Å². The summed E-state index contributed by atoms with van der Waals surface area (Å²) in [6.45, 7) is 0.294. The van der Waals surface area contributed by atoms with Crippen molar-refractivity contribution in [2.45, 2.75) is 19.0 Å². The standard InChI is InChI=1S/C18H16F2N2O2/c19-14-6-13(7-15(20)9-14)8-16-18(24)22(11-17(23)21-16)10-12-4-2-1-3-5-12/h1-7,9,16H,8,10-11H2,(H,21,23)/t16-/m1/s1. The van der Waals surface area contributed by atoms with Gasteiger partial charge in [0.25, 0.3) is 0 Å². The lowest BCUT2D eigenvalue weighted by Crippen LogP contribution is -2.58. The highest BCUT2D eigenvalue weighted by atomic mass is 19.1. The quantitative estimate of drug-likeness (QED) is 0.933. The van der Waals surface area contributed by atoms with Gasteiger partial charge in [-0.3, -0.25) is 9.59 Å². The molecule has 0 aliphatic carbocycles. The molecule has 0 bridgehead atoms. The molecular formula is C18H16F2N2O2. The van der Waals surface area contributed by atoms with Crippen molar-refractivity contribution in [3.05, 3.63) is 71.3 Å². The number of hydrogen-bond donors (Lipinski definition) is 1. The van der Waals surface area contributed by atoms with Gasteiger partial charge in [0.2, 0.25) is 11.8 Å². The van der Waals surface area contributed by atoms with Gasteiger partial charge in [0.05, 0.1) is 6.54 Å². The van der Waals surface area contributed by atoms with Crippen molar-refractivity contribution in [3.8, 4) is 0 Å². The fourth-order valence-corrected chi connectivity index (χ4v) is 2.81. The van der Waals surface area contributed by atoms with E-state index in [4.69, 9.17) is 0 Å². The summed E-state index contributed by atoms with van der Waals surface area (Å²) in [5, 5.41) is 2.59. The van der Waals surface area contributed by atoms with Gasteiger partial charge in [-0.05, 0) is 23.3 Å². The summed E-state index contributed by atoms with van der Waals surface area (Å²) in [6, 6.07) is 11.6. The first-order valence-corrected chi connectivity index (χ1v) is 7.58. The molecule has 1 aliphatic rings. The highest BCUT2D eigenvalue weighted by Crippen LogP contribution is 2.15. The van der Waals surface area contributed by atoms with Crippen LogP contribution in [0.15, 0.2) is 48.5 Å². The van der Waals surface area contributed by atoms with Crippen LogP contribution in [0.1, 0.15) is 11.1 Å². The highest BCUT2D eigenvalue weighted by Gasteiger charge is 2.32. The van der Waals surface area contributed by atoms with Gasteiger partial charge in [-0.1, -0.05) is 30.3 Å². The Morgan fingerprint density at radius 2 is 1.67 bits per heavy atom. The first-order valence-electron chi connectivity index (χ1n) is 7.58. The molecule has 1 fully saturated rings. The highest BCUT2D eigenvalue weighted by molar-refractivity contribution is 5.95. The van der Waals surface area contributed by atoms with Crippen molar-refractivity contribution < 1.29 is 18.4 Å². The molecule has 6 heteroatoms. The molecule has 4 nitrogen and oxygen atoms in total. The van der Waals surface area contributed by atoms with Gasteiger partial charge in [-0.2, -0.15) is 0 Å². The van der Waals surface area contributed by atoms with E-state index in [9.17, 15) is 18.4 Å². The Balaban J connectivity index is 1.75. The fourth-order valence-electron chi connectivity index (χ4n) is 2.81. The molecule has 1 aliphatic heterocycles. The van der Waals surface area contributed by atoms with E-state index in [1.54, 1.807) is 0 Å². The summed E-state index contributed by atoms with van der Waals surface area (Å²) in [7, 11) is 0. The van der Waals surface area contributed by atoms with Gasteiger partial charge in [0, 0.05) is 19.0 Å². The monoisotopic (exact) mass is 330 g/mol. The van der Waals surface area contributed by atoms with E-state index in [1.165, 1.54) is 17.0 Å². The normalized spacial score (nSPS) is 17.8. The van der Waals surface area contributed by atoms with Crippen LogP contribution in [-0.2, 0) is 22.6 Å². The summed E-state index contributed by atoms with van der Waals surface area (Å²) in [6.07, 6.45) is 0.0462. The number of benzene rings is 2. The average molecular weight is 330 g/mol. The van der Waals surface area contributed by atoms with Crippen LogP contribution in [0.25, 0.3) is 0 Å². The Hall–Kier alpha value is -2.76. The molecule has 0 saturated carbocycles. The third-order valence-electron chi connectivity index (χ3n) is 3.86. The minimum Gasteiger partial charge on any atom is -0.342 e. The molecule has 2 aromatic rings. The lowest BCUT2D eigenvalue weighted by atomic mass is 10.0. The summed E-state index contributed by atoms with van der Waals surface area (Å²) >= 11 is 0. The van der Waals surface area contributed by atoms with Gasteiger partial charge in [0.1, 0.15) is 17.7 Å². The van der Waals surface area contributed by atoms with Gasteiger partial charge >= 0.3 is 0 Å². The maximum Gasteiger partial charge on any atom is 0.246 e. The largest absolute Gasteiger partial charge is 0.342 e. The third kappa shape index (κ3) is 3.76. The van der Waals surface area contributed by atoms with Crippen LogP contribution < -0.4 is 5.32 Å². The average Bonchev–Trinajstić information content (AvgIpc) is 2.52. The second-order valence-corrected chi connectivity index (χ2v) is 5.78. The number of hydrogen-bond acceptors (Lipinski definition) is 2. The van der Waals surface area contributed by atoms with Crippen LogP contribution in [0.5, 0.6) is 0 Å². The van der Waals surface area contributed by atoms with Gasteiger partial charge in [-0.15, -0.1) is 0 Å². The molecule has 1 N–H and O–H groups in total. The van der Waals surface area contributed by atoms with Crippen molar-refractivity contribution in [1.82, 2.24) is 10.2 Å². The number of nitrogens with one attached hydrogen (secondary N) is 1. The van der Waals surface area contributed by atoms with Crippen LogP contribution in [0, 0.1) is 11.6 Å². The number of carbonyl (C=O) groups is 2. The SMILES string of the molecule is O=C1CN(Cc2ccccc2)C(=O)[C@@H](Cc2cc(F)cc(F)c2)N1. The molecule has 24 heavy (non-hydrogen) atoms. The number of nitrogens with zero attached hydrogens (tertiary/aromatic N) is 1. The Labute approximate surface area is 138 Å². The molecule has 0 unspecified atom stereocenters. The van der Waals surface area contributed by atoms with Gasteiger partial charge in [0.15, 0.2) is 0 Å². The molecule has 0 spiro atoms. The third-order valence-corrected chi connectivity index (χ3v) is 3.86. The van der Waals surface area contributed by atoms with Crippen LogP contribution >= 0.6 is 0 Å². The lowest BCUT2D eigenvalue weighted by Gasteiger charge is -2.32. The van der Waals surface area contributed by atoms with Crippen LogP contribution in [0.3, 0.4) is 0 Å². The molecule has 1 atom stereocenters. The van der Waals surface area contributed by atoms with E-state index in [2.05, 4.69) is 5.32 Å². The summed E-state index contributed by atoms with van der Waals surface area (Å²) in [5.41, 5.74) is 1.24. The Morgan fingerprint density at radius 1 is 1.00 bits per heavy atom. The molecule has 0 radical (unpaired) electrons. The van der Waals surface area contributed by atoms with E-state index >= 15 is 0 Å². The van der Waals surface area contributed by atoms with Gasteiger partial charge in [-0.25, -0.2) is 8.78 Å². The second-order valence-electron chi connectivity index (χ2n) is 5.78. The molecule has 2 amide bonds. The zero-order chi connectivity index (χ0) is 17.1. The first kappa shape index (κ1) is 16.1. The van der Waals surface area contributed by atoms with Crippen LogP contribution in [0.4, 0.5) is 8.78 Å². The Kier molecular flexibility index (Phi) is 4.55. The predicted molar refractivity (Wildman–Crippen MR) is 83.9 cm³/mol. The Bertz CT molecular complexity index is 745. The Morgan fingerprint density at radius 3 is 2.33 bits per heavy atom. The molecule has 124 valence electrons. The number of rotatable bonds is 4. The zero-order valence-corrected chi connectivity index (χ0v) is 12.8. The van der Waals surface area contributed by atoms with Crippen molar-refractivity contribution >= 4 is 11.8 Å². The summed E-state index contributed by atoms with van der Waals surface area (Å²) in [5.74, 6) is -1.96. The smallest absolute Gasteiger partial charge is 0.246 e. The minimum absolute atomic E-state index is 0.0261. The molecule has 1 saturated heterocycles. The van der Waals surface area contributed by atoms with E-state index < -0.39 is 17.7 Å². The number of halogens is 2. The predicted octanol–water partition coefficient (Wildman–Crippen LogP) is 2.03. The number of amides is 2. The van der Waals surface area contributed by atoms with E-state index in [0.717, 1.165) is 11.6 Å². The number of carbonyl (C=O) groups excluding carboxylic acids is 2. The van der Waals surface area contributed by atoms with Crippen molar-refractivity contribution in [3.63, 3.8) is 0 Å². The molecule has 1 heterocycles. The maximum atomic E-state index is 13.3. The first-order chi connectivity index (χ1) is 11.5. The zero-order valence-electron chi connectivity index (χ0n) is 12.8. The molecule has 0 aromatic heterocycles.